The van der Waals surface area contributed by atoms with Crippen LogP contribution in [0.5, 0.6) is 5.75 Å². The first-order valence-electron chi connectivity index (χ1n) is 4.39. The lowest BCUT2D eigenvalue weighted by atomic mass is 10.2. The summed E-state index contributed by atoms with van der Waals surface area (Å²) in [6.07, 6.45) is 0. The third kappa shape index (κ3) is 1.27. The molecule has 3 nitrogen and oxygen atoms in total. The molecule has 0 aliphatic carbocycles. The van der Waals surface area contributed by atoms with Gasteiger partial charge in [-0.15, -0.1) is 0 Å². The smallest absolute Gasteiger partial charge is 0.189 e. The van der Waals surface area contributed by atoms with Crippen LogP contribution in [0.1, 0.15) is 5.69 Å². The number of ether oxygens (including phenoxy) is 1. The molecule has 72 valence electrons. The number of pyridine rings is 1. The maximum absolute atomic E-state index is 11.6. The number of rotatable bonds is 1. The number of para-hydroxylation sites is 1. The molecule has 1 N–H and O–H groups in total. The molecule has 1 heterocycles. The summed E-state index contributed by atoms with van der Waals surface area (Å²) in [6, 6.07) is 7.02. The van der Waals surface area contributed by atoms with E-state index in [1.54, 1.807) is 19.2 Å². The number of aromatic amines is 1. The van der Waals surface area contributed by atoms with E-state index in [9.17, 15) is 4.79 Å². The van der Waals surface area contributed by atoms with Crippen molar-refractivity contribution < 1.29 is 4.74 Å². The number of H-pyrrole nitrogens is 1. The third-order valence-corrected chi connectivity index (χ3v) is 2.18. The van der Waals surface area contributed by atoms with Gasteiger partial charge in [-0.05, 0) is 19.1 Å². The number of methoxy groups -OCH3 is 1. The number of nitrogens with one attached hydrogen (secondary N) is 1. The first kappa shape index (κ1) is 8.81. The molecular weight excluding hydrogens is 178 g/mol. The number of hydrogen-bond donors (Lipinski definition) is 1. The first-order valence-corrected chi connectivity index (χ1v) is 4.39. The number of fused-ring (bicyclic) bond motifs is 1. The summed E-state index contributed by atoms with van der Waals surface area (Å²) in [5.41, 5.74) is 1.63. The molecule has 1 aromatic heterocycles. The summed E-state index contributed by atoms with van der Waals surface area (Å²) >= 11 is 0. The normalized spacial score (nSPS) is 10.4. The van der Waals surface area contributed by atoms with Gasteiger partial charge < -0.3 is 9.72 Å². The highest BCUT2D eigenvalue weighted by Gasteiger charge is 2.04. The second kappa shape index (κ2) is 3.18. The Morgan fingerprint density at radius 1 is 1.36 bits per heavy atom. The van der Waals surface area contributed by atoms with Gasteiger partial charge in [-0.25, -0.2) is 0 Å². The first-order chi connectivity index (χ1) is 6.72. The van der Waals surface area contributed by atoms with Crippen molar-refractivity contribution in [1.29, 1.82) is 0 Å². The summed E-state index contributed by atoms with van der Waals surface area (Å²) in [6.45, 7) is 1.85. The van der Waals surface area contributed by atoms with Crippen molar-refractivity contribution in [1.82, 2.24) is 4.98 Å². The summed E-state index contributed by atoms with van der Waals surface area (Å²) < 4.78 is 5.17. The maximum atomic E-state index is 11.6. The van der Waals surface area contributed by atoms with Crippen LogP contribution in [0.4, 0.5) is 0 Å². The average molecular weight is 189 g/mol. The molecule has 0 saturated carbocycles. The fourth-order valence-corrected chi connectivity index (χ4v) is 1.54. The Hall–Kier alpha value is -1.77. The van der Waals surface area contributed by atoms with Crippen molar-refractivity contribution in [3.63, 3.8) is 0 Å². The van der Waals surface area contributed by atoms with Gasteiger partial charge in [0.25, 0.3) is 0 Å². The average Bonchev–Trinajstić information content (AvgIpc) is 2.17. The Bertz CT molecular complexity index is 528. The number of aromatic nitrogens is 1. The molecule has 0 aliphatic heterocycles. The van der Waals surface area contributed by atoms with Crippen LogP contribution in [-0.4, -0.2) is 12.1 Å². The standard InChI is InChI=1S/C11H11NO2/c1-7-6-9(13)8-4-3-5-10(14-2)11(8)12-7/h3-6H,1-2H3,(H,12,13). The third-order valence-electron chi connectivity index (χ3n) is 2.18. The fourth-order valence-electron chi connectivity index (χ4n) is 1.54. The SMILES string of the molecule is COc1cccc2c(=O)cc(C)[nH]c12. The summed E-state index contributed by atoms with van der Waals surface area (Å²) in [7, 11) is 1.59. The molecule has 14 heavy (non-hydrogen) atoms. The van der Waals surface area contributed by atoms with Gasteiger partial charge in [-0.1, -0.05) is 6.07 Å². The quantitative estimate of drug-likeness (QED) is 0.743. The van der Waals surface area contributed by atoms with Gasteiger partial charge in [0.15, 0.2) is 5.43 Å². The lowest BCUT2D eigenvalue weighted by Gasteiger charge is -2.05. The molecule has 0 bridgehead atoms. The molecule has 0 amide bonds. The molecule has 0 unspecified atom stereocenters. The van der Waals surface area contributed by atoms with Gasteiger partial charge in [0.05, 0.1) is 12.6 Å². The molecule has 1 aromatic carbocycles. The van der Waals surface area contributed by atoms with E-state index in [0.717, 1.165) is 11.2 Å². The van der Waals surface area contributed by atoms with Gasteiger partial charge >= 0.3 is 0 Å². The molecule has 3 heteroatoms. The van der Waals surface area contributed by atoms with Gasteiger partial charge in [-0.3, -0.25) is 4.79 Å². The van der Waals surface area contributed by atoms with Crippen LogP contribution in [0.2, 0.25) is 0 Å². The highest BCUT2D eigenvalue weighted by atomic mass is 16.5. The van der Waals surface area contributed by atoms with Crippen molar-refractivity contribution in [2.45, 2.75) is 6.92 Å². The fraction of sp³-hybridized carbons (Fsp3) is 0.182. The van der Waals surface area contributed by atoms with E-state index in [1.165, 1.54) is 0 Å². The minimum Gasteiger partial charge on any atom is -0.495 e. The predicted octanol–water partition coefficient (Wildman–Crippen LogP) is 1.85. The Kier molecular flexibility index (Phi) is 2.00. The Morgan fingerprint density at radius 3 is 2.86 bits per heavy atom. The van der Waals surface area contributed by atoms with E-state index < -0.39 is 0 Å². The zero-order valence-electron chi connectivity index (χ0n) is 8.13. The minimum absolute atomic E-state index is 0.0233. The van der Waals surface area contributed by atoms with Crippen LogP contribution in [0.3, 0.4) is 0 Å². The predicted molar refractivity (Wildman–Crippen MR) is 55.9 cm³/mol. The highest BCUT2D eigenvalue weighted by Crippen LogP contribution is 2.20. The van der Waals surface area contributed by atoms with Crippen molar-refractivity contribution in [2.75, 3.05) is 7.11 Å². The Labute approximate surface area is 81.3 Å². The van der Waals surface area contributed by atoms with Crippen molar-refractivity contribution in [2.24, 2.45) is 0 Å². The summed E-state index contributed by atoms with van der Waals surface area (Å²) in [5, 5.41) is 0.662. The lowest BCUT2D eigenvalue weighted by molar-refractivity contribution is 0.419. The minimum atomic E-state index is 0.0233. The van der Waals surface area contributed by atoms with E-state index >= 15 is 0 Å². The van der Waals surface area contributed by atoms with Crippen LogP contribution < -0.4 is 10.2 Å². The molecule has 0 atom stereocenters. The Balaban J connectivity index is 2.94. The lowest BCUT2D eigenvalue weighted by Crippen LogP contribution is -2.03. The second-order valence-electron chi connectivity index (χ2n) is 3.20. The zero-order chi connectivity index (χ0) is 10.1. The monoisotopic (exact) mass is 189 g/mol. The molecule has 0 radical (unpaired) electrons. The highest BCUT2D eigenvalue weighted by molar-refractivity contribution is 5.84. The number of hydrogen-bond acceptors (Lipinski definition) is 2. The molecular formula is C11H11NO2. The van der Waals surface area contributed by atoms with Gasteiger partial charge in [0.1, 0.15) is 5.75 Å². The van der Waals surface area contributed by atoms with Crippen molar-refractivity contribution in [3.05, 3.63) is 40.2 Å². The largest absolute Gasteiger partial charge is 0.495 e. The molecule has 2 aromatic rings. The second-order valence-corrected chi connectivity index (χ2v) is 3.20. The van der Waals surface area contributed by atoms with E-state index in [4.69, 9.17) is 4.74 Å². The van der Waals surface area contributed by atoms with Crippen LogP contribution in [0.25, 0.3) is 10.9 Å². The van der Waals surface area contributed by atoms with E-state index in [-0.39, 0.29) is 5.43 Å². The molecule has 0 aliphatic rings. The summed E-state index contributed by atoms with van der Waals surface area (Å²) in [5.74, 6) is 0.698. The van der Waals surface area contributed by atoms with Crippen molar-refractivity contribution in [3.8, 4) is 5.75 Å². The van der Waals surface area contributed by atoms with Gasteiger partial charge in [0, 0.05) is 17.1 Å². The van der Waals surface area contributed by atoms with E-state index in [2.05, 4.69) is 4.98 Å². The number of aryl methyl sites for hydroxylation is 1. The number of benzene rings is 1. The Morgan fingerprint density at radius 2 is 2.14 bits per heavy atom. The zero-order valence-corrected chi connectivity index (χ0v) is 8.13. The van der Waals surface area contributed by atoms with E-state index in [0.29, 0.717) is 11.1 Å². The van der Waals surface area contributed by atoms with E-state index in [1.807, 2.05) is 19.1 Å². The van der Waals surface area contributed by atoms with Crippen LogP contribution in [-0.2, 0) is 0 Å². The van der Waals surface area contributed by atoms with Gasteiger partial charge in [-0.2, -0.15) is 0 Å². The van der Waals surface area contributed by atoms with Crippen LogP contribution >= 0.6 is 0 Å². The molecule has 2 rings (SSSR count). The summed E-state index contributed by atoms with van der Waals surface area (Å²) in [4.78, 5) is 14.7. The van der Waals surface area contributed by atoms with Crippen LogP contribution in [0, 0.1) is 6.92 Å². The topological polar surface area (TPSA) is 42.1 Å². The van der Waals surface area contributed by atoms with Crippen molar-refractivity contribution >= 4 is 10.9 Å². The molecule has 0 fully saturated rings. The molecule has 0 spiro atoms. The van der Waals surface area contributed by atoms with Gasteiger partial charge in [0.2, 0.25) is 0 Å². The van der Waals surface area contributed by atoms with Crippen LogP contribution in [0.15, 0.2) is 29.1 Å². The molecule has 0 saturated heterocycles. The maximum Gasteiger partial charge on any atom is 0.189 e.